The molecule has 1 fully saturated rings. The second-order valence-electron chi connectivity index (χ2n) is 4.86. The molecule has 1 aliphatic heterocycles. The minimum Gasteiger partial charge on any atom is -0.323 e. The highest BCUT2D eigenvalue weighted by Gasteiger charge is 2.24. The largest absolute Gasteiger partial charge is 0.323 e. The monoisotopic (exact) mass is 236 g/mol. The van der Waals surface area contributed by atoms with Crippen molar-refractivity contribution in [3.8, 4) is 0 Å². The van der Waals surface area contributed by atoms with Crippen molar-refractivity contribution in [2.45, 2.75) is 38.3 Å². The number of nitrogens with two attached hydrogens (primary N) is 1. The van der Waals surface area contributed by atoms with Crippen LogP contribution in [0.1, 0.15) is 37.8 Å². The minimum atomic E-state index is -0.200. The fourth-order valence-corrected chi connectivity index (χ4v) is 2.67. The van der Waals surface area contributed by atoms with Gasteiger partial charge in [-0.1, -0.05) is 19.1 Å². The highest BCUT2D eigenvalue weighted by atomic mass is 19.1. The Morgan fingerprint density at radius 3 is 2.76 bits per heavy atom. The van der Waals surface area contributed by atoms with Crippen LogP contribution in [0.15, 0.2) is 24.3 Å². The number of benzene rings is 1. The first-order valence-electron chi connectivity index (χ1n) is 6.45. The Morgan fingerprint density at radius 2 is 2.12 bits per heavy atom. The summed E-state index contributed by atoms with van der Waals surface area (Å²) in [5, 5.41) is 0. The molecule has 1 saturated heterocycles. The van der Waals surface area contributed by atoms with E-state index in [1.807, 2.05) is 0 Å². The molecule has 2 nitrogen and oxygen atoms in total. The molecular formula is C14H21FN2. The van der Waals surface area contributed by atoms with Gasteiger partial charge in [-0.05, 0) is 43.5 Å². The zero-order valence-electron chi connectivity index (χ0n) is 10.4. The summed E-state index contributed by atoms with van der Waals surface area (Å²) < 4.78 is 12.8. The average molecular weight is 236 g/mol. The summed E-state index contributed by atoms with van der Waals surface area (Å²) in [6.07, 6.45) is 3.75. The topological polar surface area (TPSA) is 29.3 Å². The Hall–Kier alpha value is -0.930. The maximum atomic E-state index is 12.8. The van der Waals surface area contributed by atoms with Crippen molar-refractivity contribution in [3.05, 3.63) is 35.6 Å². The smallest absolute Gasteiger partial charge is 0.123 e. The molecule has 94 valence electrons. The molecule has 0 aromatic heterocycles. The second-order valence-corrected chi connectivity index (χ2v) is 4.86. The van der Waals surface area contributed by atoms with Crippen molar-refractivity contribution in [2.24, 2.45) is 5.73 Å². The summed E-state index contributed by atoms with van der Waals surface area (Å²) >= 11 is 0. The number of halogens is 1. The molecule has 2 unspecified atom stereocenters. The SMILES string of the molecule is CCC1CCCN1CC(N)c1ccc(F)cc1. The standard InChI is InChI=1S/C14H21FN2/c1-2-13-4-3-9-17(13)10-14(16)11-5-7-12(15)8-6-11/h5-8,13-14H,2-4,9-10,16H2,1H3. The third-order valence-corrected chi connectivity index (χ3v) is 3.70. The van der Waals surface area contributed by atoms with Crippen LogP contribution in [0.4, 0.5) is 4.39 Å². The van der Waals surface area contributed by atoms with Gasteiger partial charge in [0.05, 0.1) is 0 Å². The van der Waals surface area contributed by atoms with Gasteiger partial charge < -0.3 is 5.73 Å². The Balaban J connectivity index is 1.96. The molecule has 17 heavy (non-hydrogen) atoms. The summed E-state index contributed by atoms with van der Waals surface area (Å²) in [5.41, 5.74) is 7.20. The second kappa shape index (κ2) is 5.61. The Labute approximate surface area is 103 Å². The van der Waals surface area contributed by atoms with E-state index in [-0.39, 0.29) is 11.9 Å². The summed E-state index contributed by atoms with van der Waals surface area (Å²) in [4.78, 5) is 2.47. The van der Waals surface area contributed by atoms with Gasteiger partial charge in [-0.15, -0.1) is 0 Å². The number of hydrogen-bond acceptors (Lipinski definition) is 2. The first-order chi connectivity index (χ1) is 8.20. The van der Waals surface area contributed by atoms with Crippen LogP contribution in [0.25, 0.3) is 0 Å². The van der Waals surface area contributed by atoms with E-state index < -0.39 is 0 Å². The van der Waals surface area contributed by atoms with E-state index in [0.717, 1.165) is 18.7 Å². The molecule has 3 heteroatoms. The molecule has 0 saturated carbocycles. The lowest BCUT2D eigenvalue weighted by molar-refractivity contribution is 0.234. The number of nitrogens with zero attached hydrogens (tertiary/aromatic N) is 1. The maximum absolute atomic E-state index is 12.8. The van der Waals surface area contributed by atoms with E-state index in [0.29, 0.717) is 6.04 Å². The summed E-state index contributed by atoms with van der Waals surface area (Å²) in [5.74, 6) is -0.200. The summed E-state index contributed by atoms with van der Waals surface area (Å²) in [6.45, 7) is 4.25. The van der Waals surface area contributed by atoms with Crippen LogP contribution in [0.3, 0.4) is 0 Å². The normalized spacial score (nSPS) is 22.9. The molecule has 2 atom stereocenters. The fourth-order valence-electron chi connectivity index (χ4n) is 2.67. The van der Waals surface area contributed by atoms with Gasteiger partial charge >= 0.3 is 0 Å². The molecule has 2 rings (SSSR count). The highest BCUT2D eigenvalue weighted by molar-refractivity contribution is 5.19. The molecule has 0 amide bonds. The van der Waals surface area contributed by atoms with E-state index >= 15 is 0 Å². The van der Waals surface area contributed by atoms with E-state index in [4.69, 9.17) is 5.73 Å². The Kier molecular flexibility index (Phi) is 4.13. The van der Waals surface area contributed by atoms with Crippen molar-refractivity contribution in [1.82, 2.24) is 4.90 Å². The number of rotatable bonds is 4. The van der Waals surface area contributed by atoms with Gasteiger partial charge in [0.15, 0.2) is 0 Å². The van der Waals surface area contributed by atoms with Gasteiger partial charge in [-0.25, -0.2) is 4.39 Å². The van der Waals surface area contributed by atoms with Gasteiger partial charge in [-0.2, -0.15) is 0 Å². The lowest BCUT2D eigenvalue weighted by Crippen LogP contribution is -2.35. The first-order valence-corrected chi connectivity index (χ1v) is 6.45. The molecule has 1 aromatic carbocycles. The number of likely N-dealkylation sites (tertiary alicyclic amines) is 1. The van der Waals surface area contributed by atoms with Crippen molar-refractivity contribution >= 4 is 0 Å². The fraction of sp³-hybridized carbons (Fsp3) is 0.571. The molecular weight excluding hydrogens is 215 g/mol. The van der Waals surface area contributed by atoms with E-state index in [2.05, 4.69) is 11.8 Å². The highest BCUT2D eigenvalue weighted by Crippen LogP contribution is 2.22. The Morgan fingerprint density at radius 1 is 1.41 bits per heavy atom. The molecule has 0 spiro atoms. The van der Waals surface area contributed by atoms with Crippen LogP contribution in [-0.2, 0) is 0 Å². The maximum Gasteiger partial charge on any atom is 0.123 e. The zero-order valence-corrected chi connectivity index (χ0v) is 10.4. The van der Waals surface area contributed by atoms with Crippen LogP contribution in [0.5, 0.6) is 0 Å². The molecule has 0 aliphatic carbocycles. The minimum absolute atomic E-state index is 0.0113. The van der Waals surface area contributed by atoms with Crippen molar-refractivity contribution in [1.29, 1.82) is 0 Å². The third-order valence-electron chi connectivity index (χ3n) is 3.70. The quantitative estimate of drug-likeness (QED) is 0.871. The predicted molar refractivity (Wildman–Crippen MR) is 68.2 cm³/mol. The average Bonchev–Trinajstić information content (AvgIpc) is 2.77. The van der Waals surface area contributed by atoms with E-state index in [1.54, 1.807) is 12.1 Å². The van der Waals surface area contributed by atoms with Gasteiger partial charge in [-0.3, -0.25) is 4.90 Å². The van der Waals surface area contributed by atoms with E-state index in [1.165, 1.54) is 31.4 Å². The van der Waals surface area contributed by atoms with Gasteiger partial charge in [0, 0.05) is 18.6 Å². The molecule has 1 aromatic rings. The van der Waals surface area contributed by atoms with Crippen LogP contribution in [0, 0.1) is 5.82 Å². The molecule has 0 radical (unpaired) electrons. The van der Waals surface area contributed by atoms with Crippen LogP contribution >= 0.6 is 0 Å². The summed E-state index contributed by atoms with van der Waals surface area (Å²) in [7, 11) is 0. The van der Waals surface area contributed by atoms with Crippen molar-refractivity contribution in [2.75, 3.05) is 13.1 Å². The molecule has 1 aliphatic rings. The Bertz CT molecular complexity index is 350. The summed E-state index contributed by atoms with van der Waals surface area (Å²) in [6, 6.07) is 7.21. The van der Waals surface area contributed by atoms with Crippen LogP contribution in [0.2, 0.25) is 0 Å². The van der Waals surface area contributed by atoms with Crippen LogP contribution < -0.4 is 5.73 Å². The lowest BCUT2D eigenvalue weighted by Gasteiger charge is -2.26. The van der Waals surface area contributed by atoms with Gasteiger partial charge in [0.1, 0.15) is 5.82 Å². The lowest BCUT2D eigenvalue weighted by atomic mass is 10.1. The van der Waals surface area contributed by atoms with E-state index in [9.17, 15) is 4.39 Å². The zero-order chi connectivity index (χ0) is 12.3. The molecule has 0 bridgehead atoms. The third kappa shape index (κ3) is 3.05. The van der Waals surface area contributed by atoms with Gasteiger partial charge in [0.25, 0.3) is 0 Å². The predicted octanol–water partition coefficient (Wildman–Crippen LogP) is 2.70. The van der Waals surface area contributed by atoms with Crippen molar-refractivity contribution in [3.63, 3.8) is 0 Å². The molecule has 1 heterocycles. The van der Waals surface area contributed by atoms with Crippen LogP contribution in [-0.4, -0.2) is 24.0 Å². The van der Waals surface area contributed by atoms with Crippen molar-refractivity contribution < 1.29 is 4.39 Å². The van der Waals surface area contributed by atoms with Gasteiger partial charge in [0.2, 0.25) is 0 Å². The number of hydrogen-bond donors (Lipinski definition) is 1. The molecule has 2 N–H and O–H groups in total. The first kappa shape index (κ1) is 12.5.